The maximum atomic E-state index is 6.13. The lowest BCUT2D eigenvalue weighted by Gasteiger charge is -2.29. The highest BCUT2D eigenvalue weighted by atomic mass is 16.5. The Bertz CT molecular complexity index is 951. The van der Waals surface area contributed by atoms with Crippen molar-refractivity contribution in [3.63, 3.8) is 0 Å². The van der Waals surface area contributed by atoms with Crippen LogP contribution < -0.4 is 14.2 Å². The number of fused-ring (bicyclic) bond motifs is 1. The van der Waals surface area contributed by atoms with Crippen molar-refractivity contribution in [3.8, 4) is 17.2 Å². The summed E-state index contributed by atoms with van der Waals surface area (Å²) in [6, 6.07) is 10.4. The van der Waals surface area contributed by atoms with Gasteiger partial charge in [0.1, 0.15) is 22.8 Å². The van der Waals surface area contributed by atoms with Gasteiger partial charge < -0.3 is 14.2 Å². The fourth-order valence-corrected chi connectivity index (χ4v) is 3.69. The monoisotopic (exact) mass is 406 g/mol. The molecule has 0 aromatic heterocycles. The van der Waals surface area contributed by atoms with Gasteiger partial charge in [-0.3, -0.25) is 0 Å². The van der Waals surface area contributed by atoms with E-state index in [1.807, 2.05) is 19.1 Å². The fraction of sp³-hybridized carbons (Fsp3) is 0.407. The molecule has 1 aliphatic rings. The quantitative estimate of drug-likeness (QED) is 0.430. The zero-order valence-electron chi connectivity index (χ0n) is 19.2. The van der Waals surface area contributed by atoms with E-state index in [4.69, 9.17) is 14.2 Å². The van der Waals surface area contributed by atoms with Crippen LogP contribution in [0.4, 0.5) is 0 Å². The minimum atomic E-state index is -0.265. The zero-order chi connectivity index (χ0) is 21.7. The van der Waals surface area contributed by atoms with Crippen LogP contribution in [0.25, 0.3) is 17.7 Å². The molecule has 0 fully saturated rings. The van der Waals surface area contributed by atoms with Gasteiger partial charge in [-0.15, -0.1) is 0 Å². The highest BCUT2D eigenvalue weighted by molar-refractivity contribution is 5.86. The van der Waals surface area contributed by atoms with Crippen LogP contribution in [-0.4, -0.2) is 18.8 Å². The van der Waals surface area contributed by atoms with Crippen molar-refractivity contribution in [2.24, 2.45) is 0 Å². The van der Waals surface area contributed by atoms with Crippen molar-refractivity contribution in [2.45, 2.75) is 60.0 Å². The normalized spacial score (nSPS) is 14.8. The van der Waals surface area contributed by atoms with Crippen molar-refractivity contribution >= 4 is 17.7 Å². The zero-order valence-corrected chi connectivity index (χ0v) is 19.2. The van der Waals surface area contributed by atoms with Crippen molar-refractivity contribution in [1.82, 2.24) is 0 Å². The van der Waals surface area contributed by atoms with E-state index in [2.05, 4.69) is 71.0 Å². The Morgan fingerprint density at radius 2 is 1.87 bits per heavy atom. The Morgan fingerprint density at radius 1 is 1.07 bits per heavy atom. The number of rotatable bonds is 8. The molecule has 160 valence electrons. The predicted octanol–water partition coefficient (Wildman–Crippen LogP) is 7.32. The summed E-state index contributed by atoms with van der Waals surface area (Å²) in [5.74, 6) is 2.68. The van der Waals surface area contributed by atoms with Crippen LogP contribution in [0.15, 0.2) is 36.4 Å². The van der Waals surface area contributed by atoms with Crippen molar-refractivity contribution < 1.29 is 14.2 Å². The predicted molar refractivity (Wildman–Crippen MR) is 126 cm³/mol. The second-order valence-electron chi connectivity index (χ2n) is 8.19. The molecule has 3 nitrogen and oxygen atoms in total. The van der Waals surface area contributed by atoms with Crippen molar-refractivity contribution in [3.05, 3.63) is 58.7 Å². The Hall–Kier alpha value is -2.68. The SMILES string of the molecule is CCCOc1ccc(/C(=C/c2ccc3c(c2C)C=CC(C)(C)O3)CC)c(OCC)c1. The van der Waals surface area contributed by atoms with Crippen LogP contribution in [0.2, 0.25) is 0 Å². The standard InChI is InChI=1S/C27H34O3/c1-7-16-29-22-11-12-24(26(18-22)28-9-3)20(8-2)17-21-10-13-25-23(19(21)4)14-15-27(5,6)30-25/h10-15,17-18H,7-9,16H2,1-6H3/b20-17+. The average Bonchev–Trinajstić information content (AvgIpc) is 2.72. The third-order valence-electron chi connectivity index (χ3n) is 5.32. The molecule has 0 unspecified atom stereocenters. The molecule has 0 spiro atoms. The second-order valence-corrected chi connectivity index (χ2v) is 8.19. The first kappa shape index (κ1) is 22.0. The van der Waals surface area contributed by atoms with Crippen LogP contribution in [0.3, 0.4) is 0 Å². The van der Waals surface area contributed by atoms with Gasteiger partial charge in [0.2, 0.25) is 0 Å². The molecule has 3 rings (SSSR count). The van der Waals surface area contributed by atoms with Crippen LogP contribution >= 0.6 is 0 Å². The van der Waals surface area contributed by atoms with Crippen LogP contribution in [0.1, 0.15) is 69.7 Å². The third kappa shape index (κ3) is 4.89. The van der Waals surface area contributed by atoms with Crippen LogP contribution in [0.5, 0.6) is 17.2 Å². The van der Waals surface area contributed by atoms with E-state index in [0.717, 1.165) is 41.2 Å². The molecule has 0 bridgehead atoms. The van der Waals surface area contributed by atoms with Gasteiger partial charge in [0, 0.05) is 17.2 Å². The topological polar surface area (TPSA) is 27.7 Å². The summed E-state index contributed by atoms with van der Waals surface area (Å²) in [5.41, 5.74) is 5.68. The van der Waals surface area contributed by atoms with Gasteiger partial charge >= 0.3 is 0 Å². The fourth-order valence-electron chi connectivity index (χ4n) is 3.69. The van der Waals surface area contributed by atoms with E-state index in [0.29, 0.717) is 13.2 Å². The van der Waals surface area contributed by atoms with E-state index in [1.165, 1.54) is 16.7 Å². The number of hydrogen-bond donors (Lipinski definition) is 0. The molecule has 2 aromatic rings. The molecular formula is C27H34O3. The summed E-state index contributed by atoms with van der Waals surface area (Å²) in [7, 11) is 0. The number of ether oxygens (including phenoxy) is 3. The minimum Gasteiger partial charge on any atom is -0.493 e. The van der Waals surface area contributed by atoms with Gasteiger partial charge in [-0.1, -0.05) is 32.1 Å². The molecule has 3 heteroatoms. The third-order valence-corrected chi connectivity index (χ3v) is 5.32. The first-order chi connectivity index (χ1) is 14.4. The summed E-state index contributed by atoms with van der Waals surface area (Å²) in [6.45, 7) is 14.0. The van der Waals surface area contributed by atoms with Gasteiger partial charge in [0.15, 0.2) is 0 Å². The average molecular weight is 407 g/mol. The summed E-state index contributed by atoms with van der Waals surface area (Å²) in [4.78, 5) is 0. The molecule has 0 aliphatic carbocycles. The lowest BCUT2D eigenvalue weighted by atomic mass is 9.93. The lowest BCUT2D eigenvalue weighted by molar-refractivity contribution is 0.159. The number of hydrogen-bond acceptors (Lipinski definition) is 3. The highest BCUT2D eigenvalue weighted by Crippen LogP contribution is 2.37. The molecule has 2 aromatic carbocycles. The summed E-state index contributed by atoms with van der Waals surface area (Å²) in [5, 5.41) is 0. The molecule has 0 saturated heterocycles. The van der Waals surface area contributed by atoms with E-state index >= 15 is 0 Å². The van der Waals surface area contributed by atoms with Gasteiger partial charge in [0.05, 0.1) is 13.2 Å². The van der Waals surface area contributed by atoms with Gasteiger partial charge in [-0.2, -0.15) is 0 Å². The molecule has 0 atom stereocenters. The van der Waals surface area contributed by atoms with E-state index in [1.54, 1.807) is 0 Å². The van der Waals surface area contributed by atoms with Crippen LogP contribution in [0, 0.1) is 6.92 Å². The van der Waals surface area contributed by atoms with Crippen molar-refractivity contribution in [1.29, 1.82) is 0 Å². The summed E-state index contributed by atoms with van der Waals surface area (Å²) >= 11 is 0. The maximum Gasteiger partial charge on any atom is 0.130 e. The molecule has 0 N–H and O–H groups in total. The van der Waals surface area contributed by atoms with Gasteiger partial charge in [-0.05, 0) is 81.5 Å². The van der Waals surface area contributed by atoms with Gasteiger partial charge in [0.25, 0.3) is 0 Å². The molecular weight excluding hydrogens is 372 g/mol. The van der Waals surface area contributed by atoms with E-state index in [9.17, 15) is 0 Å². The molecule has 0 radical (unpaired) electrons. The molecule has 30 heavy (non-hydrogen) atoms. The van der Waals surface area contributed by atoms with E-state index in [-0.39, 0.29) is 5.60 Å². The molecule has 1 heterocycles. The van der Waals surface area contributed by atoms with Crippen LogP contribution in [-0.2, 0) is 0 Å². The Balaban J connectivity index is 2.00. The Kier molecular flexibility index (Phi) is 6.91. The molecule has 0 amide bonds. The largest absolute Gasteiger partial charge is 0.493 e. The Labute approximate surface area is 181 Å². The summed E-state index contributed by atoms with van der Waals surface area (Å²) < 4.78 is 17.9. The smallest absolute Gasteiger partial charge is 0.130 e. The van der Waals surface area contributed by atoms with Crippen molar-refractivity contribution in [2.75, 3.05) is 13.2 Å². The van der Waals surface area contributed by atoms with E-state index < -0.39 is 0 Å². The minimum absolute atomic E-state index is 0.265. The molecule has 0 saturated carbocycles. The lowest BCUT2D eigenvalue weighted by Crippen LogP contribution is -2.27. The Morgan fingerprint density at radius 3 is 2.57 bits per heavy atom. The first-order valence-electron chi connectivity index (χ1n) is 11.0. The highest BCUT2D eigenvalue weighted by Gasteiger charge is 2.23. The maximum absolute atomic E-state index is 6.13. The number of benzene rings is 2. The second kappa shape index (κ2) is 9.42. The molecule has 1 aliphatic heterocycles. The first-order valence-corrected chi connectivity index (χ1v) is 11.0. The van der Waals surface area contributed by atoms with Gasteiger partial charge in [-0.25, -0.2) is 0 Å². The number of allylic oxidation sites excluding steroid dienone is 1. The summed E-state index contributed by atoms with van der Waals surface area (Å²) in [6.07, 6.45) is 8.47.